The van der Waals surface area contributed by atoms with Crippen molar-refractivity contribution >= 4 is 27.0 Å². The quantitative estimate of drug-likeness (QED) is 0.675. The minimum Gasteiger partial charge on any atom is -0.768 e. The van der Waals surface area contributed by atoms with Gasteiger partial charge in [-0.2, -0.15) is 0 Å². The lowest BCUT2D eigenvalue weighted by Gasteiger charge is -2.05. The maximum atomic E-state index is 10.4. The lowest BCUT2D eigenvalue weighted by Crippen LogP contribution is -1.88. The molecule has 0 aliphatic rings. The summed E-state index contributed by atoms with van der Waals surface area (Å²) >= 11 is 0.966. The number of halogens is 1. The minimum absolute atomic E-state index is 0.294. The molecule has 1 aromatic carbocycles. The van der Waals surface area contributed by atoms with Gasteiger partial charge < -0.3 is 4.55 Å². The van der Waals surface area contributed by atoms with E-state index in [0.717, 1.165) is 0 Å². The Labute approximate surface area is 69.7 Å². The van der Waals surface area contributed by atoms with Gasteiger partial charge in [-0.3, -0.25) is 4.21 Å². The summed E-state index contributed by atoms with van der Waals surface area (Å²) in [5, 5.41) is 0. The van der Waals surface area contributed by atoms with Crippen LogP contribution in [0.4, 0.5) is 0 Å². The fourth-order valence-corrected chi connectivity index (χ4v) is 1.68. The van der Waals surface area contributed by atoms with Gasteiger partial charge in [0.05, 0.1) is 0 Å². The van der Waals surface area contributed by atoms with Crippen molar-refractivity contribution in [3.05, 3.63) is 28.7 Å². The van der Waals surface area contributed by atoms with Crippen LogP contribution in [0, 0.1) is 0 Å². The summed E-state index contributed by atoms with van der Waals surface area (Å²) in [6.45, 7) is 0. The van der Waals surface area contributed by atoms with E-state index in [1.54, 1.807) is 18.2 Å². The predicted molar refractivity (Wildman–Crippen MR) is 41.3 cm³/mol. The Morgan fingerprint density at radius 2 is 2.00 bits per heavy atom. The Hall–Kier alpha value is -0.190. The van der Waals surface area contributed by atoms with Gasteiger partial charge in [0.2, 0.25) is 0 Å². The maximum absolute atomic E-state index is 10.4. The zero-order chi connectivity index (χ0) is 7.56. The summed E-state index contributed by atoms with van der Waals surface area (Å²) in [5.41, 5.74) is 0. The van der Waals surface area contributed by atoms with E-state index in [0.29, 0.717) is 9.37 Å². The molecule has 1 rings (SSSR count). The van der Waals surface area contributed by atoms with Gasteiger partial charge in [0.1, 0.15) is 0 Å². The van der Waals surface area contributed by atoms with E-state index in [2.05, 4.69) is 15.9 Å². The zero-order valence-electron chi connectivity index (χ0n) is 4.91. The molecule has 1 aromatic rings. The van der Waals surface area contributed by atoms with Gasteiger partial charge in [-0.05, 0) is 39.1 Å². The van der Waals surface area contributed by atoms with Crippen molar-refractivity contribution < 1.29 is 8.76 Å². The van der Waals surface area contributed by atoms with Crippen molar-refractivity contribution in [1.29, 1.82) is 0 Å². The first kappa shape index (κ1) is 7.91. The summed E-state index contributed by atoms with van der Waals surface area (Å²) in [5.74, 6) is 0. The molecule has 0 bridgehead atoms. The van der Waals surface area contributed by atoms with E-state index in [-0.39, 0.29) is 0 Å². The molecule has 1 atom stereocenters. The average molecular weight is 220 g/mol. The minimum atomic E-state index is -2.14. The largest absolute Gasteiger partial charge is 0.768 e. The third-order valence-corrected chi connectivity index (χ3v) is 2.69. The lowest BCUT2D eigenvalue weighted by molar-refractivity contribution is 0.536. The lowest BCUT2D eigenvalue weighted by atomic mass is 10.4. The van der Waals surface area contributed by atoms with Gasteiger partial charge in [0.25, 0.3) is 0 Å². The summed E-state index contributed by atoms with van der Waals surface area (Å²) in [7, 11) is 0. The first-order chi connectivity index (χ1) is 4.72. The number of rotatable bonds is 1. The van der Waals surface area contributed by atoms with Crippen LogP contribution >= 0.6 is 15.9 Å². The molecule has 0 heterocycles. The summed E-state index contributed by atoms with van der Waals surface area (Å²) in [6.07, 6.45) is 0. The molecule has 1 unspecified atom stereocenters. The van der Waals surface area contributed by atoms with Crippen LogP contribution in [0.1, 0.15) is 0 Å². The first-order valence-corrected chi connectivity index (χ1v) is 4.42. The van der Waals surface area contributed by atoms with Crippen LogP contribution in [0.15, 0.2) is 33.6 Å². The van der Waals surface area contributed by atoms with E-state index >= 15 is 0 Å². The summed E-state index contributed by atoms with van der Waals surface area (Å²) in [4.78, 5) is 0.294. The second-order valence-electron chi connectivity index (χ2n) is 1.67. The normalized spacial score (nSPS) is 13.0. The topological polar surface area (TPSA) is 40.1 Å². The van der Waals surface area contributed by atoms with Crippen molar-refractivity contribution in [3.63, 3.8) is 0 Å². The molecule has 0 fully saturated rings. The third-order valence-electron chi connectivity index (χ3n) is 1.02. The fraction of sp³-hybridized carbons (Fsp3) is 0. The molecule has 0 aromatic heterocycles. The average Bonchev–Trinajstić information content (AvgIpc) is 1.88. The van der Waals surface area contributed by atoms with Crippen molar-refractivity contribution in [2.45, 2.75) is 4.90 Å². The molecule has 10 heavy (non-hydrogen) atoms. The van der Waals surface area contributed by atoms with E-state index in [1.807, 2.05) is 0 Å². The van der Waals surface area contributed by atoms with E-state index in [9.17, 15) is 8.76 Å². The van der Waals surface area contributed by atoms with Crippen molar-refractivity contribution in [1.82, 2.24) is 0 Å². The second kappa shape index (κ2) is 3.27. The summed E-state index contributed by atoms with van der Waals surface area (Å²) in [6, 6.07) is 6.66. The molecule has 0 radical (unpaired) electrons. The van der Waals surface area contributed by atoms with E-state index < -0.39 is 11.1 Å². The standard InChI is InChI=1S/C6H5BrO2S/c7-5-3-1-2-4-6(5)10(8)9/h1-4H,(H,8,9)/p-1. The van der Waals surface area contributed by atoms with Crippen LogP contribution in [0.5, 0.6) is 0 Å². The molecular formula is C6H4BrO2S-. The Bertz CT molecular complexity index is 262. The van der Waals surface area contributed by atoms with Crippen LogP contribution in [-0.4, -0.2) is 8.76 Å². The van der Waals surface area contributed by atoms with Gasteiger partial charge in [0.15, 0.2) is 0 Å². The SMILES string of the molecule is O=S([O-])c1ccccc1Br. The third kappa shape index (κ3) is 1.65. The van der Waals surface area contributed by atoms with Crippen LogP contribution in [0.2, 0.25) is 0 Å². The van der Waals surface area contributed by atoms with Crippen LogP contribution in [0.25, 0.3) is 0 Å². The number of hydrogen-bond donors (Lipinski definition) is 0. The molecule has 0 saturated carbocycles. The van der Waals surface area contributed by atoms with Crippen molar-refractivity contribution in [2.75, 3.05) is 0 Å². The zero-order valence-corrected chi connectivity index (χ0v) is 7.31. The highest BCUT2D eigenvalue weighted by Crippen LogP contribution is 2.17. The highest BCUT2D eigenvalue weighted by atomic mass is 79.9. The molecule has 0 spiro atoms. The second-order valence-corrected chi connectivity index (χ2v) is 3.43. The van der Waals surface area contributed by atoms with Crippen LogP contribution < -0.4 is 0 Å². The molecule has 0 saturated heterocycles. The smallest absolute Gasteiger partial charge is 0.0390 e. The predicted octanol–water partition coefficient (Wildman–Crippen LogP) is 1.69. The molecule has 4 heteroatoms. The Kier molecular flexibility index (Phi) is 2.59. The van der Waals surface area contributed by atoms with E-state index in [4.69, 9.17) is 0 Å². The van der Waals surface area contributed by atoms with Gasteiger partial charge in [-0.15, -0.1) is 0 Å². The van der Waals surface area contributed by atoms with Crippen molar-refractivity contribution in [3.8, 4) is 0 Å². The maximum Gasteiger partial charge on any atom is 0.0390 e. The van der Waals surface area contributed by atoms with Gasteiger partial charge in [-0.1, -0.05) is 12.1 Å². The monoisotopic (exact) mass is 219 g/mol. The van der Waals surface area contributed by atoms with E-state index in [1.165, 1.54) is 6.07 Å². The Morgan fingerprint density at radius 3 is 2.40 bits per heavy atom. The van der Waals surface area contributed by atoms with Gasteiger partial charge in [0, 0.05) is 9.37 Å². The first-order valence-electron chi connectivity index (χ1n) is 2.55. The molecule has 0 amide bonds. The molecule has 0 N–H and O–H groups in total. The van der Waals surface area contributed by atoms with Crippen molar-refractivity contribution in [2.24, 2.45) is 0 Å². The van der Waals surface area contributed by atoms with Gasteiger partial charge >= 0.3 is 0 Å². The molecular weight excluding hydrogens is 216 g/mol. The number of hydrogen-bond acceptors (Lipinski definition) is 2. The molecule has 0 aliphatic heterocycles. The Morgan fingerprint density at radius 1 is 1.40 bits per heavy atom. The van der Waals surface area contributed by atoms with Crippen LogP contribution in [0.3, 0.4) is 0 Å². The fourth-order valence-electron chi connectivity index (χ4n) is 0.580. The molecule has 2 nitrogen and oxygen atoms in total. The summed E-state index contributed by atoms with van der Waals surface area (Å²) < 4.78 is 21.4. The number of benzene rings is 1. The molecule has 54 valence electrons. The van der Waals surface area contributed by atoms with Crippen LogP contribution in [-0.2, 0) is 11.1 Å². The van der Waals surface area contributed by atoms with Gasteiger partial charge in [-0.25, -0.2) is 0 Å². The Balaban J connectivity index is 3.15. The highest BCUT2D eigenvalue weighted by Gasteiger charge is 1.95. The molecule has 0 aliphatic carbocycles. The highest BCUT2D eigenvalue weighted by molar-refractivity contribution is 9.10.